The number of nitrogens with two attached hydrogens (primary N) is 1. The summed E-state index contributed by atoms with van der Waals surface area (Å²) in [7, 11) is 0. The lowest BCUT2D eigenvalue weighted by atomic mass is 10.1. The predicted molar refractivity (Wildman–Crippen MR) is 93.5 cm³/mol. The van der Waals surface area contributed by atoms with E-state index in [1.807, 2.05) is 11.7 Å². The largest absolute Gasteiger partial charge is 0.368 e. The number of benzene rings is 1. The van der Waals surface area contributed by atoms with Crippen LogP contribution in [0.4, 0.5) is 5.95 Å². The van der Waals surface area contributed by atoms with Crippen LogP contribution in [-0.2, 0) is 12.8 Å². The Kier molecular flexibility index (Phi) is 3.71. The highest BCUT2D eigenvalue weighted by atomic mass is 32.1. The van der Waals surface area contributed by atoms with E-state index in [9.17, 15) is 0 Å². The number of anilines is 1. The molecule has 6 heteroatoms. The minimum atomic E-state index is 0.362. The second-order valence-electron chi connectivity index (χ2n) is 5.99. The Balaban J connectivity index is 1.56. The molecule has 1 aliphatic rings. The van der Waals surface area contributed by atoms with Gasteiger partial charge in [-0.2, -0.15) is 0 Å². The molecule has 23 heavy (non-hydrogen) atoms. The molecular formula is C17H19N5S. The number of hydrogen-bond acceptors (Lipinski definition) is 6. The summed E-state index contributed by atoms with van der Waals surface area (Å²) in [5, 5.41) is 0. The van der Waals surface area contributed by atoms with Gasteiger partial charge in [-0.1, -0.05) is 6.07 Å². The van der Waals surface area contributed by atoms with Gasteiger partial charge in [0, 0.05) is 31.7 Å². The van der Waals surface area contributed by atoms with Gasteiger partial charge in [-0.3, -0.25) is 4.90 Å². The summed E-state index contributed by atoms with van der Waals surface area (Å²) in [6.45, 7) is 4.26. The number of hydrogen-bond donors (Lipinski definition) is 1. The van der Waals surface area contributed by atoms with E-state index in [4.69, 9.17) is 5.73 Å². The summed E-state index contributed by atoms with van der Waals surface area (Å²) in [5.41, 5.74) is 12.4. The molecule has 0 amide bonds. The van der Waals surface area contributed by atoms with E-state index < -0.39 is 0 Å². The molecule has 4 rings (SSSR count). The molecule has 118 valence electrons. The second kappa shape index (κ2) is 5.86. The molecule has 3 aromatic rings. The molecule has 0 aliphatic carbocycles. The normalized spacial score (nSPS) is 16.9. The minimum Gasteiger partial charge on any atom is -0.368 e. The Morgan fingerprint density at radius 3 is 3.00 bits per heavy atom. The van der Waals surface area contributed by atoms with Crippen LogP contribution >= 0.6 is 11.3 Å². The summed E-state index contributed by atoms with van der Waals surface area (Å²) in [6.07, 6.45) is 3.78. The van der Waals surface area contributed by atoms with Gasteiger partial charge in [-0.25, -0.2) is 15.0 Å². The molecule has 1 aliphatic heterocycles. The Morgan fingerprint density at radius 2 is 2.09 bits per heavy atom. The molecule has 1 unspecified atom stereocenters. The summed E-state index contributed by atoms with van der Waals surface area (Å²) >= 11 is 1.69. The van der Waals surface area contributed by atoms with Crippen LogP contribution in [0.1, 0.15) is 29.8 Å². The van der Waals surface area contributed by atoms with Crippen molar-refractivity contribution in [2.45, 2.75) is 25.8 Å². The highest BCUT2D eigenvalue weighted by molar-refractivity contribution is 7.16. The van der Waals surface area contributed by atoms with Gasteiger partial charge in [-0.15, -0.1) is 11.3 Å². The number of rotatable bonds is 2. The average molecular weight is 325 g/mol. The Bertz CT molecular complexity index is 844. The summed E-state index contributed by atoms with van der Waals surface area (Å²) in [6, 6.07) is 6.98. The monoisotopic (exact) mass is 325 g/mol. The van der Waals surface area contributed by atoms with Crippen molar-refractivity contribution in [2.24, 2.45) is 0 Å². The first-order valence-electron chi connectivity index (χ1n) is 7.88. The zero-order valence-corrected chi connectivity index (χ0v) is 13.9. The van der Waals surface area contributed by atoms with E-state index in [1.165, 1.54) is 15.8 Å². The van der Waals surface area contributed by atoms with Crippen LogP contribution < -0.4 is 5.73 Å². The summed E-state index contributed by atoms with van der Waals surface area (Å²) in [4.78, 5) is 15.5. The van der Waals surface area contributed by atoms with Crippen molar-refractivity contribution in [3.8, 4) is 0 Å². The SMILES string of the molecule is CC(c1ccc2scnc2c1)N1CCc2cnc(N)nc2CC1. The van der Waals surface area contributed by atoms with Gasteiger partial charge in [0.1, 0.15) is 0 Å². The number of thiazole rings is 1. The molecule has 2 N–H and O–H groups in total. The van der Waals surface area contributed by atoms with Crippen LogP contribution in [0, 0.1) is 0 Å². The topological polar surface area (TPSA) is 67.9 Å². The third-order valence-corrected chi connectivity index (χ3v) is 5.47. The van der Waals surface area contributed by atoms with Crippen LogP contribution in [-0.4, -0.2) is 32.9 Å². The first-order valence-corrected chi connectivity index (χ1v) is 8.76. The summed E-state index contributed by atoms with van der Waals surface area (Å²) in [5.74, 6) is 0.374. The maximum absolute atomic E-state index is 5.72. The summed E-state index contributed by atoms with van der Waals surface area (Å²) < 4.78 is 1.25. The van der Waals surface area contributed by atoms with Crippen LogP contribution in [0.15, 0.2) is 29.9 Å². The van der Waals surface area contributed by atoms with Crippen molar-refractivity contribution < 1.29 is 0 Å². The Labute approximate surface area is 139 Å². The smallest absolute Gasteiger partial charge is 0.220 e. The van der Waals surface area contributed by atoms with Gasteiger partial charge < -0.3 is 5.73 Å². The minimum absolute atomic E-state index is 0.362. The highest BCUT2D eigenvalue weighted by Crippen LogP contribution is 2.27. The number of nitrogen functional groups attached to an aromatic ring is 1. The first kappa shape index (κ1) is 14.5. The molecule has 2 aromatic heterocycles. The highest BCUT2D eigenvalue weighted by Gasteiger charge is 2.21. The van der Waals surface area contributed by atoms with Crippen molar-refractivity contribution in [3.05, 3.63) is 46.7 Å². The fourth-order valence-corrected chi connectivity index (χ4v) is 3.90. The van der Waals surface area contributed by atoms with E-state index >= 15 is 0 Å². The number of aromatic nitrogens is 3. The molecule has 3 heterocycles. The molecule has 0 fully saturated rings. The van der Waals surface area contributed by atoms with Crippen LogP contribution in [0.5, 0.6) is 0 Å². The van der Waals surface area contributed by atoms with Crippen molar-refractivity contribution >= 4 is 27.5 Å². The molecule has 1 atom stereocenters. The molecular weight excluding hydrogens is 306 g/mol. The van der Waals surface area contributed by atoms with Gasteiger partial charge in [0.15, 0.2) is 0 Å². The van der Waals surface area contributed by atoms with Crippen LogP contribution in [0.3, 0.4) is 0 Å². The van der Waals surface area contributed by atoms with E-state index in [0.717, 1.165) is 37.1 Å². The molecule has 0 spiro atoms. The van der Waals surface area contributed by atoms with E-state index in [1.54, 1.807) is 11.3 Å². The zero-order chi connectivity index (χ0) is 15.8. The lowest BCUT2D eigenvalue weighted by Gasteiger charge is -2.27. The Morgan fingerprint density at radius 1 is 1.22 bits per heavy atom. The van der Waals surface area contributed by atoms with Gasteiger partial charge in [-0.05, 0) is 36.6 Å². The molecule has 0 saturated carbocycles. The molecule has 0 bridgehead atoms. The van der Waals surface area contributed by atoms with Crippen LogP contribution in [0.25, 0.3) is 10.2 Å². The third-order valence-electron chi connectivity index (χ3n) is 4.66. The fraction of sp³-hybridized carbons (Fsp3) is 0.353. The number of fused-ring (bicyclic) bond motifs is 2. The van der Waals surface area contributed by atoms with Crippen molar-refractivity contribution in [2.75, 3.05) is 18.8 Å². The van der Waals surface area contributed by atoms with Crippen molar-refractivity contribution in [1.29, 1.82) is 0 Å². The zero-order valence-electron chi connectivity index (χ0n) is 13.1. The number of nitrogens with zero attached hydrogens (tertiary/aromatic N) is 4. The Hall–Kier alpha value is -2.05. The maximum Gasteiger partial charge on any atom is 0.220 e. The first-order chi connectivity index (χ1) is 11.2. The lowest BCUT2D eigenvalue weighted by molar-refractivity contribution is 0.221. The molecule has 0 saturated heterocycles. The van der Waals surface area contributed by atoms with E-state index in [0.29, 0.717) is 12.0 Å². The third kappa shape index (κ3) is 2.80. The van der Waals surface area contributed by atoms with Crippen molar-refractivity contribution in [1.82, 2.24) is 19.9 Å². The van der Waals surface area contributed by atoms with Gasteiger partial charge in [0.2, 0.25) is 5.95 Å². The van der Waals surface area contributed by atoms with Gasteiger partial charge >= 0.3 is 0 Å². The molecule has 1 aromatic carbocycles. The van der Waals surface area contributed by atoms with E-state index in [-0.39, 0.29) is 0 Å². The van der Waals surface area contributed by atoms with Gasteiger partial charge in [0.05, 0.1) is 21.4 Å². The lowest BCUT2D eigenvalue weighted by Crippen LogP contribution is -2.29. The van der Waals surface area contributed by atoms with Gasteiger partial charge in [0.25, 0.3) is 0 Å². The molecule has 5 nitrogen and oxygen atoms in total. The van der Waals surface area contributed by atoms with E-state index in [2.05, 4.69) is 45.0 Å². The molecule has 0 radical (unpaired) electrons. The second-order valence-corrected chi connectivity index (χ2v) is 6.88. The maximum atomic E-state index is 5.72. The van der Waals surface area contributed by atoms with Crippen LogP contribution in [0.2, 0.25) is 0 Å². The quantitative estimate of drug-likeness (QED) is 0.785. The fourth-order valence-electron chi connectivity index (χ4n) is 3.24. The predicted octanol–water partition coefficient (Wildman–Crippen LogP) is 2.83. The average Bonchev–Trinajstić information content (AvgIpc) is 2.93. The van der Waals surface area contributed by atoms with Crippen molar-refractivity contribution in [3.63, 3.8) is 0 Å². The standard InChI is InChI=1S/C17H19N5S/c1-11(12-2-3-16-15(8-12)20-10-23-16)22-6-4-13-9-19-17(18)21-14(13)5-7-22/h2-3,8-11H,4-7H2,1H3,(H2,18,19,21).